The minimum atomic E-state index is -1.04. The molecule has 0 bridgehead atoms. The van der Waals surface area contributed by atoms with Crippen molar-refractivity contribution in [3.8, 4) is 0 Å². The quantitative estimate of drug-likeness (QED) is 0.496. The third-order valence-corrected chi connectivity index (χ3v) is 8.13. The molecule has 4 heterocycles. The second-order valence-corrected chi connectivity index (χ2v) is 10.6. The zero-order valence-corrected chi connectivity index (χ0v) is 20.3. The SMILES string of the molecule is C[C@]1(CCc2ccccc2)NC(=O)N(CC(=O)N2N=C(c3cccs3)C[C@@H]2c2cccs2)C1=O. The molecule has 2 aliphatic rings. The molecular formula is C25H24N4O3S2. The summed E-state index contributed by atoms with van der Waals surface area (Å²) in [6.07, 6.45) is 1.70. The van der Waals surface area contributed by atoms with Gasteiger partial charge in [0.2, 0.25) is 0 Å². The first-order valence-corrected chi connectivity index (χ1v) is 12.9. The van der Waals surface area contributed by atoms with Gasteiger partial charge >= 0.3 is 6.03 Å². The molecule has 4 amide bonds. The molecule has 1 N–H and O–H groups in total. The summed E-state index contributed by atoms with van der Waals surface area (Å²) in [7, 11) is 0. The van der Waals surface area contributed by atoms with Crippen LogP contribution in [0.4, 0.5) is 4.79 Å². The van der Waals surface area contributed by atoms with Crippen molar-refractivity contribution in [3.05, 3.63) is 80.7 Å². The molecule has 5 rings (SSSR count). The summed E-state index contributed by atoms with van der Waals surface area (Å²) in [6, 6.07) is 16.9. The van der Waals surface area contributed by atoms with Crippen molar-refractivity contribution in [2.45, 2.75) is 37.8 Å². The number of thiophene rings is 2. The van der Waals surface area contributed by atoms with E-state index >= 15 is 0 Å². The van der Waals surface area contributed by atoms with Crippen molar-refractivity contribution in [3.63, 3.8) is 0 Å². The molecular weight excluding hydrogens is 468 g/mol. The maximum Gasteiger partial charge on any atom is 0.325 e. The van der Waals surface area contributed by atoms with Crippen LogP contribution in [0.1, 0.15) is 41.1 Å². The lowest BCUT2D eigenvalue weighted by Gasteiger charge is -2.24. The minimum absolute atomic E-state index is 0.241. The number of carbonyl (C=O) groups is 3. The van der Waals surface area contributed by atoms with Crippen LogP contribution < -0.4 is 5.32 Å². The van der Waals surface area contributed by atoms with Gasteiger partial charge in [-0.2, -0.15) is 5.10 Å². The van der Waals surface area contributed by atoms with Gasteiger partial charge in [0, 0.05) is 11.3 Å². The van der Waals surface area contributed by atoms with Crippen LogP contribution in [-0.2, 0) is 16.0 Å². The Morgan fingerprint density at radius 3 is 2.56 bits per heavy atom. The molecule has 0 aliphatic carbocycles. The van der Waals surface area contributed by atoms with E-state index in [2.05, 4.69) is 10.4 Å². The van der Waals surface area contributed by atoms with Gasteiger partial charge in [-0.3, -0.25) is 14.5 Å². The van der Waals surface area contributed by atoms with Gasteiger partial charge in [0.1, 0.15) is 12.1 Å². The number of hydrazone groups is 1. The molecule has 0 unspecified atom stereocenters. The zero-order valence-electron chi connectivity index (χ0n) is 18.6. The highest BCUT2D eigenvalue weighted by atomic mass is 32.1. The first kappa shape index (κ1) is 22.5. The predicted molar refractivity (Wildman–Crippen MR) is 133 cm³/mol. The van der Waals surface area contributed by atoms with E-state index in [1.165, 1.54) is 5.01 Å². The van der Waals surface area contributed by atoms with E-state index in [-0.39, 0.29) is 24.4 Å². The molecule has 9 heteroatoms. The van der Waals surface area contributed by atoms with E-state index < -0.39 is 11.6 Å². The predicted octanol–water partition coefficient (Wildman–Crippen LogP) is 4.43. The Labute approximate surface area is 205 Å². The largest absolute Gasteiger partial charge is 0.325 e. The number of hydrogen-bond acceptors (Lipinski definition) is 6. The van der Waals surface area contributed by atoms with Gasteiger partial charge in [-0.15, -0.1) is 22.7 Å². The highest BCUT2D eigenvalue weighted by Gasteiger charge is 2.48. The smallest absolute Gasteiger partial charge is 0.323 e. The Bertz CT molecular complexity index is 1220. The summed E-state index contributed by atoms with van der Waals surface area (Å²) in [5, 5.41) is 12.8. The maximum atomic E-state index is 13.4. The summed E-state index contributed by atoms with van der Waals surface area (Å²) < 4.78 is 0. The number of benzene rings is 1. The molecule has 174 valence electrons. The summed E-state index contributed by atoms with van der Waals surface area (Å²) in [5.41, 5.74) is 0.884. The Hall–Kier alpha value is -3.30. The van der Waals surface area contributed by atoms with E-state index in [4.69, 9.17) is 0 Å². The van der Waals surface area contributed by atoms with Crippen LogP contribution in [0.25, 0.3) is 0 Å². The van der Waals surface area contributed by atoms with E-state index in [0.29, 0.717) is 19.3 Å². The molecule has 0 radical (unpaired) electrons. The second-order valence-electron chi connectivity index (χ2n) is 8.64. The molecule has 2 aliphatic heterocycles. The van der Waals surface area contributed by atoms with Crippen molar-refractivity contribution in [1.82, 2.24) is 15.2 Å². The molecule has 0 saturated carbocycles. The third kappa shape index (κ3) is 4.28. The van der Waals surface area contributed by atoms with Crippen LogP contribution in [0, 0.1) is 0 Å². The lowest BCUT2D eigenvalue weighted by atomic mass is 9.93. The van der Waals surface area contributed by atoms with Crippen LogP contribution in [-0.4, -0.2) is 45.5 Å². The van der Waals surface area contributed by atoms with Crippen molar-refractivity contribution in [1.29, 1.82) is 0 Å². The standard InChI is InChI=1S/C25H24N4O3S2/c1-25(12-11-17-7-3-2-4-8-17)23(31)28(24(32)26-25)16-22(30)29-19(21-10-6-14-34-21)15-18(27-29)20-9-5-13-33-20/h2-10,13-14,19H,11-12,15-16H2,1H3,(H,26,32)/t19-,25-/m1/s1. The number of amides is 4. The molecule has 1 saturated heterocycles. The van der Waals surface area contributed by atoms with E-state index in [1.807, 2.05) is 65.4 Å². The van der Waals surface area contributed by atoms with Gasteiger partial charge < -0.3 is 5.32 Å². The third-order valence-electron chi connectivity index (χ3n) is 6.24. The first-order chi connectivity index (χ1) is 16.4. The van der Waals surface area contributed by atoms with Gasteiger partial charge in [-0.05, 0) is 48.2 Å². The molecule has 1 aromatic carbocycles. The average molecular weight is 493 g/mol. The van der Waals surface area contributed by atoms with Gasteiger partial charge in [-0.25, -0.2) is 9.80 Å². The number of nitrogens with one attached hydrogen (secondary N) is 1. The molecule has 7 nitrogen and oxygen atoms in total. The van der Waals surface area contributed by atoms with Gasteiger partial charge in [0.15, 0.2) is 0 Å². The fourth-order valence-corrected chi connectivity index (χ4v) is 5.87. The van der Waals surface area contributed by atoms with Crippen LogP contribution in [0.2, 0.25) is 0 Å². The van der Waals surface area contributed by atoms with Crippen molar-refractivity contribution >= 4 is 46.2 Å². The summed E-state index contributed by atoms with van der Waals surface area (Å²) in [4.78, 5) is 42.3. The summed E-state index contributed by atoms with van der Waals surface area (Å²) >= 11 is 3.14. The van der Waals surface area contributed by atoms with Crippen molar-refractivity contribution in [2.24, 2.45) is 5.10 Å². The van der Waals surface area contributed by atoms with Crippen LogP contribution in [0.15, 0.2) is 70.5 Å². The van der Waals surface area contributed by atoms with Crippen LogP contribution >= 0.6 is 22.7 Å². The van der Waals surface area contributed by atoms with Gasteiger partial charge in [0.25, 0.3) is 11.8 Å². The minimum Gasteiger partial charge on any atom is -0.323 e. The molecule has 2 atom stereocenters. The average Bonchev–Trinajstić information content (AvgIpc) is 3.63. The number of nitrogens with zero attached hydrogens (tertiary/aromatic N) is 3. The topological polar surface area (TPSA) is 82.1 Å². The molecule has 3 aromatic rings. The Morgan fingerprint density at radius 1 is 1.09 bits per heavy atom. The molecule has 34 heavy (non-hydrogen) atoms. The number of carbonyl (C=O) groups excluding carboxylic acids is 3. The number of hydrogen-bond donors (Lipinski definition) is 1. The number of aryl methyl sites for hydroxylation is 1. The fraction of sp³-hybridized carbons (Fsp3) is 0.280. The Kier molecular flexibility index (Phi) is 6.05. The van der Waals surface area contributed by atoms with Gasteiger partial charge in [-0.1, -0.05) is 42.5 Å². The molecule has 0 spiro atoms. The Balaban J connectivity index is 1.32. The Morgan fingerprint density at radius 2 is 1.85 bits per heavy atom. The zero-order chi connectivity index (χ0) is 23.7. The number of rotatable bonds is 7. The highest BCUT2D eigenvalue weighted by molar-refractivity contribution is 7.12. The van der Waals surface area contributed by atoms with Crippen LogP contribution in [0.5, 0.6) is 0 Å². The number of urea groups is 1. The van der Waals surface area contributed by atoms with E-state index in [0.717, 1.165) is 25.9 Å². The normalized spacial score (nSPS) is 22.3. The van der Waals surface area contributed by atoms with Crippen LogP contribution in [0.3, 0.4) is 0 Å². The second kappa shape index (κ2) is 9.15. The van der Waals surface area contributed by atoms with E-state index in [9.17, 15) is 14.4 Å². The van der Waals surface area contributed by atoms with E-state index in [1.54, 1.807) is 29.6 Å². The summed E-state index contributed by atoms with van der Waals surface area (Å²) in [6.45, 7) is 1.38. The molecule has 2 aromatic heterocycles. The maximum absolute atomic E-state index is 13.4. The summed E-state index contributed by atoms with van der Waals surface area (Å²) in [5.74, 6) is -0.753. The van der Waals surface area contributed by atoms with Crippen molar-refractivity contribution in [2.75, 3.05) is 6.54 Å². The monoisotopic (exact) mass is 492 g/mol. The molecule has 1 fully saturated rings. The lowest BCUT2D eigenvalue weighted by Crippen LogP contribution is -2.45. The van der Waals surface area contributed by atoms with Gasteiger partial charge in [0.05, 0.1) is 16.6 Å². The highest BCUT2D eigenvalue weighted by Crippen LogP contribution is 2.36. The number of imide groups is 1. The first-order valence-electron chi connectivity index (χ1n) is 11.1. The lowest BCUT2D eigenvalue weighted by molar-refractivity contribution is -0.139. The fourth-order valence-electron chi connectivity index (χ4n) is 4.34. The van der Waals surface area contributed by atoms with Crippen molar-refractivity contribution < 1.29 is 14.4 Å².